The third-order valence-electron chi connectivity index (χ3n) is 5.45. The van der Waals surface area contributed by atoms with Gasteiger partial charge in [-0.3, -0.25) is 4.68 Å². The molecule has 5 rings (SSSR count). The van der Waals surface area contributed by atoms with Gasteiger partial charge in [-0.25, -0.2) is 0 Å². The van der Waals surface area contributed by atoms with E-state index in [1.165, 1.54) is 5.56 Å². The maximum atomic E-state index is 6.06. The molecular weight excluding hydrogens is 408 g/mol. The van der Waals surface area contributed by atoms with Gasteiger partial charge in [0.05, 0.1) is 32.6 Å². The van der Waals surface area contributed by atoms with E-state index in [9.17, 15) is 0 Å². The van der Waals surface area contributed by atoms with Crippen molar-refractivity contribution >= 4 is 0 Å². The van der Waals surface area contributed by atoms with Crippen LogP contribution in [0.4, 0.5) is 0 Å². The van der Waals surface area contributed by atoms with Gasteiger partial charge in [0, 0.05) is 5.56 Å². The van der Waals surface area contributed by atoms with Gasteiger partial charge in [0.1, 0.15) is 6.10 Å². The van der Waals surface area contributed by atoms with Gasteiger partial charge < -0.3 is 18.7 Å². The quantitative estimate of drug-likeness (QED) is 0.441. The van der Waals surface area contributed by atoms with Crippen LogP contribution in [0.2, 0.25) is 0 Å². The Balaban J connectivity index is 1.38. The molecule has 1 aliphatic rings. The van der Waals surface area contributed by atoms with Gasteiger partial charge in [0.15, 0.2) is 17.2 Å². The summed E-state index contributed by atoms with van der Waals surface area (Å²) >= 11 is 0. The Morgan fingerprint density at radius 1 is 1.09 bits per heavy atom. The lowest BCUT2D eigenvalue weighted by molar-refractivity contribution is -0.00113. The Hall–Kier alpha value is -3.65. The second kappa shape index (κ2) is 8.47. The highest BCUT2D eigenvalue weighted by molar-refractivity contribution is 5.62. The van der Waals surface area contributed by atoms with Crippen LogP contribution in [0.5, 0.6) is 11.5 Å². The van der Waals surface area contributed by atoms with E-state index in [0.29, 0.717) is 48.7 Å². The minimum absolute atomic E-state index is 0.0367. The summed E-state index contributed by atoms with van der Waals surface area (Å²) in [5.74, 6) is 2.12. The van der Waals surface area contributed by atoms with E-state index >= 15 is 0 Å². The fourth-order valence-electron chi connectivity index (χ4n) is 3.74. The Morgan fingerprint density at radius 2 is 1.94 bits per heavy atom. The molecule has 0 unspecified atom stereocenters. The van der Waals surface area contributed by atoms with Crippen LogP contribution < -0.4 is 9.47 Å². The van der Waals surface area contributed by atoms with Gasteiger partial charge in [-0.05, 0) is 43.7 Å². The van der Waals surface area contributed by atoms with Crippen LogP contribution in [-0.4, -0.2) is 33.6 Å². The first-order chi connectivity index (χ1) is 15.6. The average Bonchev–Trinajstić information content (AvgIpc) is 3.46. The number of fused-ring (bicyclic) bond motifs is 1. The predicted molar refractivity (Wildman–Crippen MR) is 117 cm³/mol. The number of ether oxygens (including phenoxy) is 3. The third-order valence-corrected chi connectivity index (χ3v) is 5.45. The first-order valence-corrected chi connectivity index (χ1v) is 10.5. The van der Waals surface area contributed by atoms with Gasteiger partial charge in [-0.2, -0.15) is 10.1 Å². The number of hydrogen-bond acceptors (Lipinski definition) is 7. The van der Waals surface area contributed by atoms with Gasteiger partial charge >= 0.3 is 0 Å². The molecule has 0 saturated carbocycles. The molecule has 0 aliphatic carbocycles. The summed E-state index contributed by atoms with van der Waals surface area (Å²) in [5.41, 5.74) is 4.75. The minimum atomic E-state index is -0.0367. The molecule has 8 heteroatoms. The highest BCUT2D eigenvalue weighted by Gasteiger charge is 2.24. The number of methoxy groups -OCH3 is 1. The molecule has 3 heterocycles. The first-order valence-electron chi connectivity index (χ1n) is 10.5. The van der Waals surface area contributed by atoms with E-state index in [-0.39, 0.29) is 6.10 Å². The zero-order valence-corrected chi connectivity index (χ0v) is 18.2. The molecule has 32 heavy (non-hydrogen) atoms. The number of rotatable bonds is 6. The van der Waals surface area contributed by atoms with Crippen molar-refractivity contribution in [1.29, 1.82) is 0 Å². The topological polar surface area (TPSA) is 84.4 Å². The number of hydrogen-bond donors (Lipinski definition) is 0. The van der Waals surface area contributed by atoms with E-state index < -0.39 is 0 Å². The largest absolute Gasteiger partial charge is 0.493 e. The van der Waals surface area contributed by atoms with E-state index in [2.05, 4.69) is 41.3 Å². The molecule has 4 aromatic rings. The van der Waals surface area contributed by atoms with Crippen LogP contribution >= 0.6 is 0 Å². The molecule has 8 nitrogen and oxygen atoms in total. The molecule has 0 spiro atoms. The molecule has 1 atom stereocenters. The number of benzene rings is 2. The fourth-order valence-corrected chi connectivity index (χ4v) is 3.74. The summed E-state index contributed by atoms with van der Waals surface area (Å²) in [6.45, 7) is 5.64. The Bertz CT molecular complexity index is 1230. The Labute approximate surface area is 185 Å². The van der Waals surface area contributed by atoms with Crippen molar-refractivity contribution in [3.8, 4) is 34.5 Å². The van der Waals surface area contributed by atoms with Gasteiger partial charge in [-0.1, -0.05) is 35.0 Å². The normalized spacial score (nSPS) is 15.4. The van der Waals surface area contributed by atoms with Crippen molar-refractivity contribution in [3.05, 3.63) is 65.4 Å². The van der Waals surface area contributed by atoms with E-state index in [0.717, 1.165) is 16.8 Å². The second-order valence-electron chi connectivity index (χ2n) is 7.64. The lowest BCUT2D eigenvalue weighted by Gasteiger charge is -2.24. The molecule has 0 radical (unpaired) electrons. The average molecular weight is 432 g/mol. The van der Waals surface area contributed by atoms with Crippen molar-refractivity contribution in [2.45, 2.75) is 33.1 Å². The molecule has 1 aliphatic heterocycles. The van der Waals surface area contributed by atoms with Gasteiger partial charge in [0.2, 0.25) is 5.82 Å². The molecule has 0 fully saturated rings. The molecule has 2 aromatic carbocycles. The Morgan fingerprint density at radius 3 is 2.72 bits per heavy atom. The number of nitrogens with zero attached hydrogens (tertiary/aromatic N) is 4. The zero-order valence-electron chi connectivity index (χ0n) is 18.2. The highest BCUT2D eigenvalue weighted by atomic mass is 16.5. The summed E-state index contributed by atoms with van der Waals surface area (Å²) in [6.07, 6.45) is -0.0367. The predicted octanol–water partition coefficient (Wildman–Crippen LogP) is 4.59. The number of aromatic nitrogens is 4. The van der Waals surface area contributed by atoms with Crippen molar-refractivity contribution in [3.63, 3.8) is 0 Å². The van der Waals surface area contributed by atoms with Gasteiger partial charge in [0.25, 0.3) is 5.89 Å². The van der Waals surface area contributed by atoms with Crippen LogP contribution in [-0.2, 0) is 17.9 Å². The van der Waals surface area contributed by atoms with Gasteiger partial charge in [-0.15, -0.1) is 0 Å². The maximum absolute atomic E-state index is 6.06. The van der Waals surface area contributed by atoms with Crippen LogP contribution in [0.3, 0.4) is 0 Å². The van der Waals surface area contributed by atoms with Crippen LogP contribution in [0.1, 0.15) is 29.8 Å². The van der Waals surface area contributed by atoms with Crippen molar-refractivity contribution < 1.29 is 18.7 Å². The molecule has 164 valence electrons. The summed E-state index contributed by atoms with van der Waals surface area (Å²) in [6, 6.07) is 15.9. The zero-order chi connectivity index (χ0) is 22.1. The SMILES string of the molecule is CCOc1cc(-c2noc(-c3cc4n(n3)C[C@H](c3ccc(C)cc3)OC4)n2)ccc1OC. The maximum Gasteiger partial charge on any atom is 0.278 e. The smallest absolute Gasteiger partial charge is 0.278 e. The lowest BCUT2D eigenvalue weighted by Crippen LogP contribution is -2.21. The Kier molecular flexibility index (Phi) is 5.36. The van der Waals surface area contributed by atoms with E-state index in [4.69, 9.17) is 23.8 Å². The molecule has 0 bridgehead atoms. The van der Waals surface area contributed by atoms with E-state index in [1.54, 1.807) is 7.11 Å². The summed E-state index contributed by atoms with van der Waals surface area (Å²) in [5, 5.41) is 8.82. The minimum Gasteiger partial charge on any atom is -0.493 e. The molecule has 0 saturated heterocycles. The van der Waals surface area contributed by atoms with Crippen LogP contribution in [0.15, 0.2) is 53.1 Å². The highest BCUT2D eigenvalue weighted by Crippen LogP contribution is 2.33. The van der Waals surface area contributed by atoms with E-state index in [1.807, 2.05) is 35.9 Å². The summed E-state index contributed by atoms with van der Waals surface area (Å²) in [4.78, 5) is 4.55. The standard InChI is InChI=1S/C24H24N4O4/c1-4-30-21-11-17(9-10-20(21)29-3)23-25-24(32-27-23)19-12-18-14-31-22(13-28(18)26-19)16-7-5-15(2)6-8-16/h5-12,22H,4,13-14H2,1-3H3/t22-/m1/s1. The lowest BCUT2D eigenvalue weighted by atomic mass is 10.1. The monoisotopic (exact) mass is 432 g/mol. The van der Waals surface area contributed by atoms with Crippen molar-refractivity contribution in [2.24, 2.45) is 0 Å². The van der Waals surface area contributed by atoms with Crippen LogP contribution in [0, 0.1) is 6.92 Å². The van der Waals surface area contributed by atoms with Crippen molar-refractivity contribution in [2.75, 3.05) is 13.7 Å². The fraction of sp³-hybridized carbons (Fsp3) is 0.292. The number of aryl methyl sites for hydroxylation is 1. The second-order valence-corrected chi connectivity index (χ2v) is 7.64. The summed E-state index contributed by atoms with van der Waals surface area (Å²) in [7, 11) is 1.61. The molecule has 0 amide bonds. The third kappa shape index (κ3) is 3.85. The molecule has 2 aromatic heterocycles. The summed E-state index contributed by atoms with van der Waals surface area (Å²) < 4.78 is 24.5. The van der Waals surface area contributed by atoms with Crippen molar-refractivity contribution in [1.82, 2.24) is 19.9 Å². The van der Waals surface area contributed by atoms with Crippen LogP contribution in [0.25, 0.3) is 23.0 Å². The first kappa shape index (κ1) is 20.3. The molecule has 0 N–H and O–H groups in total. The molecular formula is C24H24N4O4.